The maximum atomic E-state index is 13.4. The molecule has 14 heteroatoms. The number of hydrogen-bond donors (Lipinski definition) is 1. The Bertz CT molecular complexity index is 1380. The minimum Gasteiger partial charge on any atom is -0.483 e. The minimum absolute atomic E-state index is 0.0505. The van der Waals surface area contributed by atoms with Gasteiger partial charge in [-0.3, -0.25) is 4.79 Å². The number of alkyl halides is 3. The number of sulfone groups is 1. The van der Waals surface area contributed by atoms with Gasteiger partial charge in [-0.2, -0.15) is 13.2 Å². The van der Waals surface area contributed by atoms with Crippen LogP contribution in [0.25, 0.3) is 0 Å². The molecule has 1 aliphatic rings. The van der Waals surface area contributed by atoms with Gasteiger partial charge in [-0.05, 0) is 69.1 Å². The number of carboxylic acid groups (broad SMARTS) is 1. The van der Waals surface area contributed by atoms with Crippen LogP contribution in [0.3, 0.4) is 0 Å². The van der Waals surface area contributed by atoms with E-state index in [0.717, 1.165) is 6.07 Å². The van der Waals surface area contributed by atoms with Crippen LogP contribution in [0.5, 0.6) is 5.88 Å². The largest absolute Gasteiger partial charge is 0.483 e. The lowest BCUT2D eigenvalue weighted by Gasteiger charge is -2.39. The number of nitrogens with zero attached hydrogens (tertiary/aromatic N) is 4. The fraction of sp³-hybridized carbons (Fsp3) is 0.385. The highest BCUT2D eigenvalue weighted by Crippen LogP contribution is 2.41. The Labute approximate surface area is 234 Å². The summed E-state index contributed by atoms with van der Waals surface area (Å²) in [6.45, 7) is -0.250. The van der Waals surface area contributed by atoms with E-state index in [1.165, 1.54) is 43.0 Å². The molecule has 4 rings (SSSR count). The van der Waals surface area contributed by atoms with Crippen molar-refractivity contribution >= 4 is 27.9 Å². The first-order valence-corrected chi connectivity index (χ1v) is 14.1. The molecule has 1 fully saturated rings. The fourth-order valence-electron chi connectivity index (χ4n) is 4.57. The Morgan fingerprint density at radius 2 is 1.88 bits per heavy atom. The number of likely N-dealkylation sites (N-methyl/N-ethyl adjacent to an activating group) is 1. The zero-order chi connectivity index (χ0) is 29.5. The molecule has 9 nitrogen and oxygen atoms in total. The van der Waals surface area contributed by atoms with Crippen LogP contribution in [0.15, 0.2) is 60.0 Å². The van der Waals surface area contributed by atoms with Crippen LogP contribution in [0.4, 0.5) is 13.2 Å². The van der Waals surface area contributed by atoms with Crippen molar-refractivity contribution in [1.82, 2.24) is 19.9 Å². The zero-order valence-corrected chi connectivity index (χ0v) is 23.2. The van der Waals surface area contributed by atoms with Gasteiger partial charge in [0.25, 0.3) is 6.47 Å². The smallest absolute Gasteiger partial charge is 0.417 e. The summed E-state index contributed by atoms with van der Waals surface area (Å²) in [5, 5.41) is 6.58. The van der Waals surface area contributed by atoms with E-state index >= 15 is 0 Å². The summed E-state index contributed by atoms with van der Waals surface area (Å²) in [5.41, 5.74) is 0.146. The number of pyridine rings is 1. The molecule has 0 radical (unpaired) electrons. The Morgan fingerprint density at radius 3 is 2.45 bits per heavy atom. The maximum Gasteiger partial charge on any atom is 0.417 e. The summed E-state index contributed by atoms with van der Waals surface area (Å²) < 4.78 is 71.6. The van der Waals surface area contributed by atoms with E-state index in [2.05, 4.69) is 15.0 Å². The first-order chi connectivity index (χ1) is 18.9. The third kappa shape index (κ3) is 8.12. The summed E-state index contributed by atoms with van der Waals surface area (Å²) >= 11 is 5.79. The van der Waals surface area contributed by atoms with Gasteiger partial charge in [0, 0.05) is 24.5 Å². The molecule has 2 aromatic heterocycles. The number of ether oxygens (including phenoxy) is 1. The Kier molecular flexibility index (Phi) is 10.4. The van der Waals surface area contributed by atoms with Crippen molar-refractivity contribution in [3.8, 4) is 5.88 Å². The molecule has 1 N–H and O–H groups in total. The molecule has 0 amide bonds. The van der Waals surface area contributed by atoms with Gasteiger partial charge in [-0.15, -0.1) is 0 Å². The van der Waals surface area contributed by atoms with E-state index in [1.54, 1.807) is 6.07 Å². The topological polar surface area (TPSA) is 123 Å². The van der Waals surface area contributed by atoms with Gasteiger partial charge in [-0.25, -0.2) is 23.4 Å². The summed E-state index contributed by atoms with van der Waals surface area (Å²) in [6.07, 6.45) is 1.04. The molecule has 1 aromatic carbocycles. The van der Waals surface area contributed by atoms with Gasteiger partial charge in [0.1, 0.15) is 12.4 Å². The Balaban J connectivity index is 0.00000141. The van der Waals surface area contributed by atoms with Crippen LogP contribution in [-0.2, 0) is 26.6 Å². The number of aromatic nitrogens is 3. The second-order valence-electron chi connectivity index (χ2n) is 9.33. The van der Waals surface area contributed by atoms with Crippen LogP contribution in [0.2, 0.25) is 5.02 Å². The van der Waals surface area contributed by atoms with Gasteiger partial charge in [0.15, 0.2) is 9.84 Å². The van der Waals surface area contributed by atoms with Crippen molar-refractivity contribution in [2.45, 2.75) is 54.2 Å². The third-order valence-electron chi connectivity index (χ3n) is 6.51. The van der Waals surface area contributed by atoms with Crippen LogP contribution in [0, 0.1) is 0 Å². The molecule has 3 aromatic rings. The van der Waals surface area contributed by atoms with Crippen LogP contribution in [-0.4, -0.2) is 66.1 Å². The van der Waals surface area contributed by atoms with E-state index in [1.807, 2.05) is 19.0 Å². The van der Waals surface area contributed by atoms with Crippen molar-refractivity contribution in [3.63, 3.8) is 0 Å². The lowest BCUT2D eigenvalue weighted by molar-refractivity contribution is -0.137. The molecule has 2 heterocycles. The van der Waals surface area contributed by atoms with E-state index in [0.29, 0.717) is 30.5 Å². The molecule has 40 heavy (non-hydrogen) atoms. The van der Waals surface area contributed by atoms with Gasteiger partial charge in [0.05, 0.1) is 26.9 Å². The number of halogens is 4. The molecule has 0 bridgehead atoms. The van der Waals surface area contributed by atoms with Gasteiger partial charge >= 0.3 is 6.18 Å². The average Bonchev–Trinajstić information content (AvgIpc) is 2.89. The Morgan fingerprint density at radius 1 is 1.15 bits per heavy atom. The molecule has 0 saturated heterocycles. The standard InChI is InChI=1S/C25H26ClF3N4O3S.CH2O2/c1-33(2)22-12-17(16-3-6-21(26)20(11-16)25(27,28)29)4-7-23(22)36-24-8-5-19(13-31-24)37(34,35)14-18-9-10-30-15-32-18;2-1-3/h3,5-6,8-11,13,15,17,22-23H,4,7,12,14H2,1-2H3;1H,(H,2,3)/t17-,22-,23-;/m0./s1. The van der Waals surface area contributed by atoms with Crippen molar-refractivity contribution < 1.29 is 36.2 Å². The highest BCUT2D eigenvalue weighted by molar-refractivity contribution is 7.90. The Hall–Kier alpha value is -3.29. The first-order valence-electron chi connectivity index (χ1n) is 12.1. The summed E-state index contributed by atoms with van der Waals surface area (Å²) in [7, 11) is 0.134. The average molecular weight is 601 g/mol. The van der Waals surface area contributed by atoms with E-state index in [4.69, 9.17) is 26.2 Å². The van der Waals surface area contributed by atoms with Crippen molar-refractivity contribution in [2.24, 2.45) is 0 Å². The highest BCUT2D eigenvalue weighted by Gasteiger charge is 2.37. The second-order valence-corrected chi connectivity index (χ2v) is 11.7. The van der Waals surface area contributed by atoms with Crippen LogP contribution < -0.4 is 4.74 Å². The van der Waals surface area contributed by atoms with Crippen molar-refractivity contribution in [3.05, 3.63) is 77.0 Å². The van der Waals surface area contributed by atoms with E-state index < -0.39 is 21.6 Å². The molecule has 1 saturated carbocycles. The zero-order valence-electron chi connectivity index (χ0n) is 21.6. The van der Waals surface area contributed by atoms with E-state index in [9.17, 15) is 21.6 Å². The summed E-state index contributed by atoms with van der Waals surface area (Å²) in [4.78, 5) is 22.3. The van der Waals surface area contributed by atoms with Gasteiger partial charge in [0.2, 0.25) is 5.88 Å². The lowest BCUT2D eigenvalue weighted by Crippen LogP contribution is -2.46. The molecular formula is C26H28ClF3N4O5S. The normalized spacial score (nSPS) is 19.4. The SMILES string of the molecule is CN(C)[C@H]1C[C@@H](c2ccc(Cl)c(C(F)(F)F)c2)CC[C@@H]1Oc1ccc(S(=O)(=O)Cc2ccncn2)cn1.O=CO. The van der Waals surface area contributed by atoms with Gasteiger partial charge < -0.3 is 14.7 Å². The van der Waals surface area contributed by atoms with Crippen LogP contribution >= 0.6 is 11.6 Å². The molecule has 3 atom stereocenters. The molecule has 216 valence electrons. The van der Waals surface area contributed by atoms with Crippen LogP contribution in [0.1, 0.15) is 42.0 Å². The quantitative estimate of drug-likeness (QED) is 0.379. The van der Waals surface area contributed by atoms with Crippen molar-refractivity contribution in [1.29, 1.82) is 0 Å². The number of hydrogen-bond acceptors (Lipinski definition) is 8. The molecule has 0 spiro atoms. The third-order valence-corrected chi connectivity index (χ3v) is 8.47. The maximum absolute atomic E-state index is 13.4. The minimum atomic E-state index is -4.52. The van der Waals surface area contributed by atoms with Gasteiger partial charge in [-0.1, -0.05) is 17.7 Å². The monoisotopic (exact) mass is 600 g/mol. The number of carbonyl (C=O) groups is 1. The molecule has 0 unspecified atom stereocenters. The highest BCUT2D eigenvalue weighted by atomic mass is 35.5. The summed E-state index contributed by atoms with van der Waals surface area (Å²) in [5.74, 6) is -0.0831. The molecular weight excluding hydrogens is 573 g/mol. The summed E-state index contributed by atoms with van der Waals surface area (Å²) in [6, 6.07) is 8.50. The number of rotatable bonds is 7. The van der Waals surface area contributed by atoms with E-state index in [-0.39, 0.29) is 46.1 Å². The molecule has 1 aliphatic carbocycles. The first kappa shape index (κ1) is 31.2. The molecule has 0 aliphatic heterocycles. The predicted octanol–water partition coefficient (Wildman–Crippen LogP) is 4.86. The fourth-order valence-corrected chi connectivity index (χ4v) is 6.01. The predicted molar refractivity (Wildman–Crippen MR) is 141 cm³/mol. The second kappa shape index (κ2) is 13.4. The lowest BCUT2D eigenvalue weighted by atomic mass is 9.79. The number of benzene rings is 1. The van der Waals surface area contributed by atoms with Crippen molar-refractivity contribution in [2.75, 3.05) is 14.1 Å².